The van der Waals surface area contributed by atoms with E-state index in [-0.39, 0.29) is 0 Å². The van der Waals surface area contributed by atoms with Gasteiger partial charge in [0.25, 0.3) is 0 Å². The van der Waals surface area contributed by atoms with Crippen molar-refractivity contribution in [2.45, 2.75) is 38.1 Å². The summed E-state index contributed by atoms with van der Waals surface area (Å²) in [5, 5.41) is 3.70. The first-order valence-electron chi connectivity index (χ1n) is 5.73. The molecule has 1 aromatic rings. The molecule has 0 bridgehead atoms. The van der Waals surface area contributed by atoms with Crippen LogP contribution in [0.4, 0.5) is 0 Å². The summed E-state index contributed by atoms with van der Waals surface area (Å²) < 4.78 is 0. The Balaban J connectivity index is 2.15. The summed E-state index contributed by atoms with van der Waals surface area (Å²) in [4.78, 5) is 0. The molecule has 2 atom stereocenters. The summed E-state index contributed by atoms with van der Waals surface area (Å²) >= 11 is 2.04. The number of nitrogens with one attached hydrogen (secondary N) is 1. The van der Waals surface area contributed by atoms with Crippen molar-refractivity contribution < 1.29 is 0 Å². The topological polar surface area (TPSA) is 12.0 Å². The molecule has 0 saturated carbocycles. The van der Waals surface area contributed by atoms with E-state index < -0.39 is 0 Å². The summed E-state index contributed by atoms with van der Waals surface area (Å²) in [6.45, 7) is 4.50. The van der Waals surface area contributed by atoms with Gasteiger partial charge in [-0.3, -0.25) is 0 Å². The van der Waals surface area contributed by atoms with E-state index in [1.807, 2.05) is 11.8 Å². The Hall–Kier alpha value is -0.470. The lowest BCUT2D eigenvalue weighted by atomic mass is 10.0. The van der Waals surface area contributed by atoms with E-state index >= 15 is 0 Å². The van der Waals surface area contributed by atoms with Crippen LogP contribution in [-0.4, -0.2) is 11.8 Å². The molecular weight excluding hydrogens is 202 g/mol. The van der Waals surface area contributed by atoms with Crippen molar-refractivity contribution >= 4 is 11.8 Å². The Morgan fingerprint density at radius 1 is 1.47 bits per heavy atom. The maximum absolute atomic E-state index is 3.70. The van der Waals surface area contributed by atoms with E-state index in [4.69, 9.17) is 0 Å². The summed E-state index contributed by atoms with van der Waals surface area (Å²) in [6.07, 6.45) is 1.20. The fourth-order valence-corrected chi connectivity index (χ4v) is 3.09. The van der Waals surface area contributed by atoms with Crippen molar-refractivity contribution in [3.63, 3.8) is 0 Å². The molecule has 0 radical (unpaired) electrons. The molecule has 2 heteroatoms. The quantitative estimate of drug-likeness (QED) is 0.840. The number of hydrogen-bond acceptors (Lipinski definition) is 2. The van der Waals surface area contributed by atoms with Crippen molar-refractivity contribution in [1.29, 1.82) is 0 Å². The molecule has 2 unspecified atom stereocenters. The summed E-state index contributed by atoms with van der Waals surface area (Å²) in [7, 11) is 0. The molecule has 2 rings (SSSR count). The maximum Gasteiger partial charge on any atom is 0.0417 e. The van der Waals surface area contributed by atoms with Gasteiger partial charge >= 0.3 is 0 Å². The van der Waals surface area contributed by atoms with Gasteiger partial charge in [0.1, 0.15) is 0 Å². The molecule has 0 fully saturated rings. The standard InChI is InChI=1S/C13H19NS/c1-3-10(2)14-13-9-15-8-11-6-4-5-7-12(11)13/h4-7,10,13-14H,3,8-9H2,1-2H3. The van der Waals surface area contributed by atoms with E-state index in [2.05, 4.69) is 43.4 Å². The van der Waals surface area contributed by atoms with Crippen LogP contribution in [0.1, 0.15) is 37.4 Å². The molecule has 0 spiro atoms. The van der Waals surface area contributed by atoms with E-state index in [9.17, 15) is 0 Å². The van der Waals surface area contributed by atoms with Crippen LogP contribution in [0, 0.1) is 0 Å². The van der Waals surface area contributed by atoms with Crippen molar-refractivity contribution in [3.05, 3.63) is 35.4 Å². The molecule has 1 aliphatic rings. The van der Waals surface area contributed by atoms with E-state index in [0.717, 1.165) is 0 Å². The van der Waals surface area contributed by atoms with Gasteiger partial charge in [0.05, 0.1) is 0 Å². The molecule has 0 amide bonds. The lowest BCUT2D eigenvalue weighted by Gasteiger charge is -2.28. The van der Waals surface area contributed by atoms with E-state index in [1.165, 1.54) is 29.1 Å². The second-order valence-electron chi connectivity index (χ2n) is 4.24. The maximum atomic E-state index is 3.70. The zero-order valence-electron chi connectivity index (χ0n) is 9.49. The highest BCUT2D eigenvalue weighted by atomic mass is 32.2. The van der Waals surface area contributed by atoms with Crippen LogP contribution in [0.5, 0.6) is 0 Å². The van der Waals surface area contributed by atoms with Crippen molar-refractivity contribution in [1.82, 2.24) is 5.32 Å². The van der Waals surface area contributed by atoms with Gasteiger partial charge in [0, 0.05) is 23.6 Å². The highest BCUT2D eigenvalue weighted by Gasteiger charge is 2.20. The number of thioether (sulfide) groups is 1. The molecule has 1 nitrogen and oxygen atoms in total. The Bertz CT molecular complexity index is 324. The molecular formula is C13H19NS. The molecule has 1 aliphatic heterocycles. The fourth-order valence-electron chi connectivity index (χ4n) is 1.98. The molecule has 1 aromatic carbocycles. The summed E-state index contributed by atoms with van der Waals surface area (Å²) in [5.74, 6) is 2.39. The minimum absolute atomic E-state index is 0.551. The second kappa shape index (κ2) is 5.04. The number of benzene rings is 1. The zero-order chi connectivity index (χ0) is 10.7. The van der Waals surface area contributed by atoms with Gasteiger partial charge in [0.2, 0.25) is 0 Å². The van der Waals surface area contributed by atoms with Crippen LogP contribution < -0.4 is 5.32 Å². The number of rotatable bonds is 3. The summed E-state index contributed by atoms with van der Waals surface area (Å²) in [5.41, 5.74) is 3.02. The minimum Gasteiger partial charge on any atom is -0.307 e. The zero-order valence-corrected chi connectivity index (χ0v) is 10.3. The predicted octanol–water partition coefficient (Wildman–Crippen LogP) is 3.36. The lowest BCUT2D eigenvalue weighted by Crippen LogP contribution is -2.33. The Kier molecular flexibility index (Phi) is 3.71. The first-order valence-corrected chi connectivity index (χ1v) is 6.88. The van der Waals surface area contributed by atoms with Gasteiger partial charge < -0.3 is 5.32 Å². The third-order valence-corrected chi connectivity index (χ3v) is 4.15. The molecule has 0 aliphatic carbocycles. The van der Waals surface area contributed by atoms with Crippen LogP contribution in [-0.2, 0) is 5.75 Å². The normalized spacial score (nSPS) is 22.1. The van der Waals surface area contributed by atoms with Gasteiger partial charge in [-0.15, -0.1) is 0 Å². The van der Waals surface area contributed by atoms with Gasteiger partial charge in [-0.25, -0.2) is 0 Å². The van der Waals surface area contributed by atoms with Crippen molar-refractivity contribution in [3.8, 4) is 0 Å². The lowest BCUT2D eigenvalue weighted by molar-refractivity contribution is 0.470. The van der Waals surface area contributed by atoms with Gasteiger partial charge in [-0.2, -0.15) is 11.8 Å². The highest BCUT2D eigenvalue weighted by molar-refractivity contribution is 7.98. The number of hydrogen-bond donors (Lipinski definition) is 1. The SMILES string of the molecule is CCC(C)NC1CSCc2ccccc21. The first-order chi connectivity index (χ1) is 7.31. The van der Waals surface area contributed by atoms with Crippen LogP contribution in [0.2, 0.25) is 0 Å². The van der Waals surface area contributed by atoms with Crippen LogP contribution >= 0.6 is 11.8 Å². The van der Waals surface area contributed by atoms with Gasteiger partial charge in [-0.1, -0.05) is 31.2 Å². The Morgan fingerprint density at radius 3 is 3.07 bits per heavy atom. The third-order valence-electron chi connectivity index (χ3n) is 3.07. The van der Waals surface area contributed by atoms with E-state index in [1.54, 1.807) is 0 Å². The molecule has 1 N–H and O–H groups in total. The van der Waals surface area contributed by atoms with Gasteiger partial charge in [0.15, 0.2) is 0 Å². The third kappa shape index (κ3) is 2.56. The van der Waals surface area contributed by atoms with Crippen LogP contribution in [0.3, 0.4) is 0 Å². The first kappa shape index (κ1) is 11.0. The molecule has 82 valence electrons. The Morgan fingerprint density at radius 2 is 2.27 bits per heavy atom. The Labute approximate surface area is 96.7 Å². The predicted molar refractivity (Wildman–Crippen MR) is 68.2 cm³/mol. The minimum atomic E-state index is 0.551. The average Bonchev–Trinajstić information content (AvgIpc) is 2.29. The van der Waals surface area contributed by atoms with Crippen molar-refractivity contribution in [2.75, 3.05) is 5.75 Å². The van der Waals surface area contributed by atoms with Crippen LogP contribution in [0.15, 0.2) is 24.3 Å². The van der Waals surface area contributed by atoms with Crippen LogP contribution in [0.25, 0.3) is 0 Å². The van der Waals surface area contributed by atoms with Gasteiger partial charge in [-0.05, 0) is 24.5 Å². The molecule has 15 heavy (non-hydrogen) atoms. The summed E-state index contributed by atoms with van der Waals surface area (Å²) in [6, 6.07) is 9.99. The van der Waals surface area contributed by atoms with Crippen molar-refractivity contribution in [2.24, 2.45) is 0 Å². The van der Waals surface area contributed by atoms with E-state index in [0.29, 0.717) is 12.1 Å². The highest BCUT2D eigenvalue weighted by Crippen LogP contribution is 2.31. The average molecular weight is 221 g/mol. The smallest absolute Gasteiger partial charge is 0.0417 e. The largest absolute Gasteiger partial charge is 0.307 e. The molecule has 0 saturated heterocycles. The number of fused-ring (bicyclic) bond motifs is 1. The monoisotopic (exact) mass is 221 g/mol. The molecule has 1 heterocycles. The second-order valence-corrected chi connectivity index (χ2v) is 5.27. The molecule has 0 aromatic heterocycles. The fraction of sp³-hybridized carbons (Fsp3) is 0.538.